The number of nitrogens with zero attached hydrogens (tertiary/aromatic N) is 1. The molecule has 0 aliphatic carbocycles. The van der Waals surface area contributed by atoms with E-state index < -0.39 is 0 Å². The first kappa shape index (κ1) is 14.0. The van der Waals surface area contributed by atoms with Crippen molar-refractivity contribution in [3.05, 3.63) is 34.9 Å². The van der Waals surface area contributed by atoms with Crippen LogP contribution in [0.3, 0.4) is 0 Å². The first-order valence-corrected chi connectivity index (χ1v) is 6.64. The highest BCUT2D eigenvalue weighted by atomic mass is 35.5. The predicted molar refractivity (Wildman–Crippen MR) is 80.6 cm³/mol. The van der Waals surface area contributed by atoms with Crippen molar-refractivity contribution in [1.82, 2.24) is 10.6 Å². The van der Waals surface area contributed by atoms with Gasteiger partial charge in [-0.1, -0.05) is 23.7 Å². The maximum atomic E-state index is 12.0. The van der Waals surface area contributed by atoms with Crippen molar-refractivity contribution in [2.75, 3.05) is 7.05 Å². The molecule has 0 saturated carbocycles. The highest BCUT2D eigenvalue weighted by Crippen LogP contribution is 2.28. The number of halogens is 1. The molecule has 2 atom stereocenters. The third-order valence-electron chi connectivity index (χ3n) is 3.10. The molecule has 0 fully saturated rings. The van der Waals surface area contributed by atoms with E-state index in [9.17, 15) is 4.79 Å². The van der Waals surface area contributed by atoms with Gasteiger partial charge in [0.05, 0.1) is 6.04 Å². The van der Waals surface area contributed by atoms with E-state index in [1.165, 1.54) is 0 Å². The summed E-state index contributed by atoms with van der Waals surface area (Å²) in [5.41, 5.74) is 1.66. The lowest BCUT2D eigenvalue weighted by Crippen LogP contribution is -2.46. The van der Waals surface area contributed by atoms with E-state index in [2.05, 4.69) is 15.6 Å². The lowest BCUT2D eigenvalue weighted by Gasteiger charge is -2.31. The van der Waals surface area contributed by atoms with E-state index in [1.807, 2.05) is 19.1 Å². The van der Waals surface area contributed by atoms with Crippen LogP contribution in [-0.4, -0.2) is 23.8 Å². The molecule has 1 amide bonds. The Morgan fingerprint density at radius 2 is 2.05 bits per heavy atom. The summed E-state index contributed by atoms with van der Waals surface area (Å²) >= 11 is 11.0. The van der Waals surface area contributed by atoms with E-state index in [1.54, 1.807) is 19.2 Å². The summed E-state index contributed by atoms with van der Waals surface area (Å²) in [6.07, 6.45) is 0. The van der Waals surface area contributed by atoms with E-state index in [-0.39, 0.29) is 17.9 Å². The molecule has 1 aliphatic heterocycles. The lowest BCUT2D eigenvalue weighted by atomic mass is 9.87. The Labute approximate surface area is 122 Å². The van der Waals surface area contributed by atoms with Crippen molar-refractivity contribution in [3.63, 3.8) is 0 Å². The molecule has 2 N–H and O–H groups in total. The number of thiocarbonyl (C=S) groups is 1. The molecular formula is C13H14ClN3OS. The fraction of sp³-hybridized carbons (Fsp3) is 0.308. The van der Waals surface area contributed by atoms with Crippen LogP contribution in [0.2, 0.25) is 5.02 Å². The van der Waals surface area contributed by atoms with Crippen molar-refractivity contribution >= 4 is 40.6 Å². The monoisotopic (exact) mass is 295 g/mol. The van der Waals surface area contributed by atoms with Gasteiger partial charge in [0.2, 0.25) is 5.91 Å². The molecule has 100 valence electrons. The van der Waals surface area contributed by atoms with Gasteiger partial charge in [0.1, 0.15) is 5.92 Å². The van der Waals surface area contributed by atoms with E-state index in [0.29, 0.717) is 15.8 Å². The largest absolute Gasteiger partial charge is 0.359 e. The zero-order valence-electron chi connectivity index (χ0n) is 10.6. The predicted octanol–water partition coefficient (Wildman–Crippen LogP) is 2.09. The molecule has 6 heteroatoms. The fourth-order valence-electron chi connectivity index (χ4n) is 2.16. The molecule has 1 aliphatic rings. The highest BCUT2D eigenvalue weighted by molar-refractivity contribution is 7.80. The summed E-state index contributed by atoms with van der Waals surface area (Å²) in [5.74, 6) is -0.464. The molecule has 2 unspecified atom stereocenters. The third-order valence-corrected chi connectivity index (χ3v) is 3.56. The molecule has 0 bridgehead atoms. The Morgan fingerprint density at radius 3 is 2.63 bits per heavy atom. The average Bonchev–Trinajstić information content (AvgIpc) is 2.38. The number of nitrogens with one attached hydrogen (secondary N) is 2. The molecule has 2 rings (SSSR count). The van der Waals surface area contributed by atoms with Crippen LogP contribution in [0.4, 0.5) is 0 Å². The lowest BCUT2D eigenvalue weighted by molar-refractivity contribution is -0.123. The Morgan fingerprint density at radius 1 is 1.42 bits per heavy atom. The molecule has 0 saturated heterocycles. The van der Waals surface area contributed by atoms with Gasteiger partial charge in [0.25, 0.3) is 0 Å². The molecule has 19 heavy (non-hydrogen) atoms. The second-order valence-corrected chi connectivity index (χ2v) is 5.15. The zero-order chi connectivity index (χ0) is 14.0. The van der Waals surface area contributed by atoms with Gasteiger partial charge in [-0.25, -0.2) is 4.99 Å². The molecular weight excluding hydrogens is 282 g/mol. The van der Waals surface area contributed by atoms with Crippen LogP contribution < -0.4 is 10.6 Å². The molecule has 0 spiro atoms. The van der Waals surface area contributed by atoms with Crippen LogP contribution in [-0.2, 0) is 4.79 Å². The fourth-order valence-corrected chi connectivity index (χ4v) is 2.56. The van der Waals surface area contributed by atoms with Gasteiger partial charge in [-0.3, -0.25) is 4.79 Å². The highest BCUT2D eigenvalue weighted by Gasteiger charge is 2.35. The smallest absolute Gasteiger partial charge is 0.230 e. The maximum Gasteiger partial charge on any atom is 0.230 e. The van der Waals surface area contributed by atoms with Crippen LogP contribution in [0, 0.1) is 5.92 Å². The summed E-state index contributed by atoms with van der Waals surface area (Å²) < 4.78 is 0. The molecule has 4 nitrogen and oxygen atoms in total. The van der Waals surface area contributed by atoms with E-state index in [0.717, 1.165) is 5.56 Å². The average molecular weight is 296 g/mol. The molecule has 1 aromatic carbocycles. The van der Waals surface area contributed by atoms with Crippen molar-refractivity contribution in [2.45, 2.75) is 13.0 Å². The van der Waals surface area contributed by atoms with Crippen LogP contribution >= 0.6 is 23.8 Å². The minimum Gasteiger partial charge on any atom is -0.359 e. The Balaban J connectivity index is 2.40. The summed E-state index contributed by atoms with van der Waals surface area (Å²) in [4.78, 5) is 16.2. The van der Waals surface area contributed by atoms with Crippen LogP contribution in [0.15, 0.2) is 29.3 Å². The minimum absolute atomic E-state index is 0.0869. The molecule has 1 aromatic rings. The SMILES string of the molecule is CNC(=O)C1C(C)=NC(=S)NC1c1ccc(Cl)cc1. The van der Waals surface area contributed by atoms with Crippen molar-refractivity contribution < 1.29 is 4.79 Å². The second-order valence-electron chi connectivity index (χ2n) is 4.32. The van der Waals surface area contributed by atoms with Gasteiger partial charge in [-0.15, -0.1) is 0 Å². The van der Waals surface area contributed by atoms with Crippen LogP contribution in [0.1, 0.15) is 18.5 Å². The number of hydrogen-bond acceptors (Lipinski definition) is 2. The van der Waals surface area contributed by atoms with Gasteiger partial charge in [-0.05, 0) is 36.8 Å². The quantitative estimate of drug-likeness (QED) is 0.822. The Kier molecular flexibility index (Phi) is 4.17. The topological polar surface area (TPSA) is 53.5 Å². The summed E-state index contributed by atoms with van der Waals surface area (Å²) in [5, 5.41) is 6.81. The number of carbonyl (C=O) groups excluding carboxylic acids is 1. The molecule has 0 aromatic heterocycles. The van der Waals surface area contributed by atoms with Crippen molar-refractivity contribution in [1.29, 1.82) is 0 Å². The van der Waals surface area contributed by atoms with Gasteiger partial charge in [-0.2, -0.15) is 0 Å². The number of aliphatic imine (C=N–C) groups is 1. The zero-order valence-corrected chi connectivity index (χ0v) is 12.2. The van der Waals surface area contributed by atoms with E-state index in [4.69, 9.17) is 23.8 Å². The minimum atomic E-state index is -0.377. The Hall–Kier alpha value is -1.46. The first-order valence-electron chi connectivity index (χ1n) is 5.85. The standard InChI is InChI=1S/C13H14ClN3OS/c1-7-10(12(18)15-2)11(17-13(19)16-7)8-3-5-9(14)6-4-8/h3-6,10-11H,1-2H3,(H,15,18)(H,17,19). The van der Waals surface area contributed by atoms with E-state index >= 15 is 0 Å². The summed E-state index contributed by atoms with van der Waals surface area (Å²) in [7, 11) is 1.61. The van der Waals surface area contributed by atoms with Gasteiger partial charge >= 0.3 is 0 Å². The number of amides is 1. The molecule has 1 heterocycles. The molecule has 0 radical (unpaired) electrons. The van der Waals surface area contributed by atoms with Gasteiger partial charge in [0.15, 0.2) is 5.11 Å². The first-order chi connectivity index (χ1) is 9.02. The Bertz CT molecular complexity index is 541. The third kappa shape index (κ3) is 2.93. The van der Waals surface area contributed by atoms with Gasteiger partial charge < -0.3 is 10.6 Å². The van der Waals surface area contributed by atoms with Crippen LogP contribution in [0.5, 0.6) is 0 Å². The van der Waals surface area contributed by atoms with Gasteiger partial charge in [0, 0.05) is 17.8 Å². The van der Waals surface area contributed by atoms with Crippen LogP contribution in [0.25, 0.3) is 0 Å². The number of carbonyl (C=O) groups is 1. The maximum absolute atomic E-state index is 12.0. The number of hydrogen-bond donors (Lipinski definition) is 2. The summed E-state index contributed by atoms with van der Waals surface area (Å²) in [6, 6.07) is 7.14. The number of rotatable bonds is 2. The second kappa shape index (κ2) is 5.67. The normalized spacial score (nSPS) is 22.5. The summed E-state index contributed by atoms with van der Waals surface area (Å²) in [6.45, 7) is 1.82. The van der Waals surface area contributed by atoms with Crippen molar-refractivity contribution in [3.8, 4) is 0 Å². The van der Waals surface area contributed by atoms with Crippen molar-refractivity contribution in [2.24, 2.45) is 10.9 Å². The number of benzene rings is 1.